The van der Waals surface area contributed by atoms with Crippen LogP contribution in [-0.4, -0.2) is 61.1 Å². The van der Waals surface area contributed by atoms with E-state index in [1.54, 1.807) is 49.6 Å². The number of ketones is 1. The highest BCUT2D eigenvalue weighted by Gasteiger charge is 2.45. The van der Waals surface area contributed by atoms with E-state index in [1.165, 1.54) is 12.0 Å². The molecule has 8 heteroatoms. The molecule has 0 spiro atoms. The first kappa shape index (κ1) is 23.5. The Labute approximate surface area is 197 Å². The fraction of sp³-hybridized carbons (Fsp3) is 0.346. The third-order valence-electron chi connectivity index (χ3n) is 6.10. The quantitative estimate of drug-likeness (QED) is 0.220. The lowest BCUT2D eigenvalue weighted by atomic mass is 9.94. The summed E-state index contributed by atoms with van der Waals surface area (Å²) in [5.41, 5.74) is 2.34. The Morgan fingerprint density at radius 2 is 1.82 bits per heavy atom. The second-order valence-corrected chi connectivity index (χ2v) is 8.41. The molecule has 2 aromatic carbocycles. The number of aliphatic hydroxyl groups is 1. The van der Waals surface area contributed by atoms with Gasteiger partial charge in [-0.3, -0.25) is 9.59 Å². The zero-order valence-electron chi connectivity index (χ0n) is 19.4. The van der Waals surface area contributed by atoms with Gasteiger partial charge >= 0.3 is 5.97 Å². The molecule has 2 atom stereocenters. The predicted octanol–water partition coefficient (Wildman–Crippen LogP) is 3.25. The van der Waals surface area contributed by atoms with E-state index in [9.17, 15) is 19.5 Å². The predicted molar refractivity (Wildman–Crippen MR) is 124 cm³/mol. The number of fused-ring (bicyclic) bond motifs is 1. The number of hydrogen-bond acceptors (Lipinski definition) is 7. The molecule has 0 bridgehead atoms. The second kappa shape index (κ2) is 9.69. The fourth-order valence-electron chi connectivity index (χ4n) is 4.48. The van der Waals surface area contributed by atoms with Crippen molar-refractivity contribution in [1.29, 1.82) is 0 Å². The van der Waals surface area contributed by atoms with Gasteiger partial charge < -0.3 is 24.2 Å². The number of esters is 1. The van der Waals surface area contributed by atoms with Gasteiger partial charge in [-0.2, -0.15) is 0 Å². The Balaban J connectivity index is 1.78. The number of benzene rings is 2. The summed E-state index contributed by atoms with van der Waals surface area (Å²) in [5, 5.41) is 11.2. The number of amides is 1. The minimum Gasteiger partial charge on any atom is -0.507 e. The summed E-state index contributed by atoms with van der Waals surface area (Å²) in [7, 11) is 2.86. The molecule has 1 N–H and O–H groups in total. The maximum absolute atomic E-state index is 13.1. The van der Waals surface area contributed by atoms with E-state index in [1.807, 2.05) is 6.92 Å². The number of methoxy groups -OCH3 is 2. The summed E-state index contributed by atoms with van der Waals surface area (Å²) in [6.07, 6.45) is 1.25. The third kappa shape index (κ3) is 4.28. The zero-order chi connectivity index (χ0) is 24.4. The van der Waals surface area contributed by atoms with Crippen molar-refractivity contribution in [2.45, 2.75) is 31.9 Å². The van der Waals surface area contributed by atoms with Crippen molar-refractivity contribution in [1.82, 2.24) is 4.90 Å². The number of aliphatic hydroxyl groups excluding tert-OH is 1. The summed E-state index contributed by atoms with van der Waals surface area (Å²) in [6.45, 7) is 2.65. The van der Waals surface area contributed by atoms with E-state index in [0.717, 1.165) is 11.3 Å². The number of likely N-dealkylation sites (tertiary alicyclic amines) is 1. The van der Waals surface area contributed by atoms with Gasteiger partial charge in [0.15, 0.2) is 0 Å². The molecule has 8 nitrogen and oxygen atoms in total. The van der Waals surface area contributed by atoms with Crippen LogP contribution in [0.2, 0.25) is 0 Å². The lowest BCUT2D eigenvalue weighted by Gasteiger charge is -2.25. The highest BCUT2D eigenvalue weighted by atomic mass is 16.5. The van der Waals surface area contributed by atoms with E-state index in [-0.39, 0.29) is 24.0 Å². The Bertz CT molecular complexity index is 1150. The highest BCUT2D eigenvalue weighted by Crippen LogP contribution is 2.40. The van der Waals surface area contributed by atoms with Crippen LogP contribution in [0.4, 0.5) is 0 Å². The lowest BCUT2D eigenvalue weighted by Crippen LogP contribution is -2.31. The van der Waals surface area contributed by atoms with Gasteiger partial charge in [-0.1, -0.05) is 12.1 Å². The van der Waals surface area contributed by atoms with E-state index in [4.69, 9.17) is 14.2 Å². The minimum atomic E-state index is -0.799. The van der Waals surface area contributed by atoms with Crippen molar-refractivity contribution in [2.75, 3.05) is 27.4 Å². The monoisotopic (exact) mass is 465 g/mol. The molecular weight excluding hydrogens is 438 g/mol. The van der Waals surface area contributed by atoms with Crippen molar-refractivity contribution >= 4 is 23.4 Å². The van der Waals surface area contributed by atoms with Crippen LogP contribution in [0.3, 0.4) is 0 Å². The molecule has 0 saturated carbocycles. The van der Waals surface area contributed by atoms with Crippen molar-refractivity contribution in [2.24, 2.45) is 0 Å². The summed E-state index contributed by atoms with van der Waals surface area (Å²) in [5.74, 6) is -1.41. The van der Waals surface area contributed by atoms with Crippen molar-refractivity contribution in [3.05, 3.63) is 70.3 Å². The fourth-order valence-corrected chi connectivity index (χ4v) is 4.48. The van der Waals surface area contributed by atoms with Gasteiger partial charge in [0.1, 0.15) is 17.6 Å². The van der Waals surface area contributed by atoms with Crippen LogP contribution in [-0.2, 0) is 25.5 Å². The molecule has 0 aromatic heterocycles. The standard InChI is InChI=1S/C26H27NO7/c1-15-13-19-14-18(9-10-20(19)34-15)23(28)21-22(16-5-7-17(8-6-16)26(31)33-3)27(11-4-12-32-2)25(30)24(21)29/h5-10,14-15,22,28H,4,11-13H2,1-3H3/b23-21-. The number of carbonyl (C=O) groups excluding carboxylic acids is 3. The van der Waals surface area contributed by atoms with Crippen molar-refractivity contribution < 1.29 is 33.7 Å². The summed E-state index contributed by atoms with van der Waals surface area (Å²) in [4.78, 5) is 39.4. The summed E-state index contributed by atoms with van der Waals surface area (Å²) < 4.78 is 15.6. The van der Waals surface area contributed by atoms with E-state index < -0.39 is 23.7 Å². The van der Waals surface area contributed by atoms with Gasteiger partial charge in [-0.25, -0.2) is 4.79 Å². The highest BCUT2D eigenvalue weighted by molar-refractivity contribution is 6.46. The molecule has 4 rings (SSSR count). The van der Waals surface area contributed by atoms with Crippen LogP contribution in [0.1, 0.15) is 46.4 Å². The first-order chi connectivity index (χ1) is 16.3. The molecule has 2 heterocycles. The second-order valence-electron chi connectivity index (χ2n) is 8.41. The van der Waals surface area contributed by atoms with Gasteiger partial charge in [0.25, 0.3) is 11.7 Å². The molecule has 34 heavy (non-hydrogen) atoms. The van der Waals surface area contributed by atoms with Crippen LogP contribution >= 0.6 is 0 Å². The van der Waals surface area contributed by atoms with Crippen LogP contribution in [0.15, 0.2) is 48.0 Å². The number of carbonyl (C=O) groups is 3. The first-order valence-electron chi connectivity index (χ1n) is 11.1. The normalized spacial score (nSPS) is 20.9. The molecule has 1 fully saturated rings. The van der Waals surface area contributed by atoms with E-state index in [0.29, 0.717) is 36.1 Å². The third-order valence-corrected chi connectivity index (χ3v) is 6.10. The van der Waals surface area contributed by atoms with Crippen LogP contribution in [0.5, 0.6) is 5.75 Å². The van der Waals surface area contributed by atoms with Gasteiger partial charge in [0.05, 0.1) is 24.3 Å². The average molecular weight is 466 g/mol. The molecule has 2 aliphatic rings. The van der Waals surface area contributed by atoms with Gasteiger partial charge in [-0.15, -0.1) is 0 Å². The van der Waals surface area contributed by atoms with Crippen LogP contribution in [0, 0.1) is 0 Å². The Hall–Kier alpha value is -3.65. The van der Waals surface area contributed by atoms with Crippen LogP contribution < -0.4 is 4.74 Å². The largest absolute Gasteiger partial charge is 0.507 e. The molecule has 0 aliphatic carbocycles. The van der Waals surface area contributed by atoms with Crippen molar-refractivity contribution in [3.8, 4) is 5.75 Å². The molecule has 178 valence electrons. The number of rotatable bonds is 7. The Morgan fingerprint density at radius 1 is 1.12 bits per heavy atom. The number of ether oxygens (including phenoxy) is 3. The Kier molecular flexibility index (Phi) is 6.70. The SMILES string of the molecule is COCCCN1C(=O)C(=O)/C(=C(\O)c2ccc3c(c2)CC(C)O3)C1c1ccc(C(=O)OC)cc1. The van der Waals surface area contributed by atoms with Gasteiger partial charge in [0, 0.05) is 32.2 Å². The van der Waals surface area contributed by atoms with Gasteiger partial charge in [-0.05, 0) is 54.8 Å². The van der Waals surface area contributed by atoms with Crippen molar-refractivity contribution in [3.63, 3.8) is 0 Å². The summed E-state index contributed by atoms with van der Waals surface area (Å²) >= 11 is 0. The van der Waals surface area contributed by atoms with Crippen LogP contribution in [0.25, 0.3) is 5.76 Å². The molecular formula is C26H27NO7. The van der Waals surface area contributed by atoms with E-state index >= 15 is 0 Å². The maximum atomic E-state index is 13.1. The molecule has 2 aliphatic heterocycles. The maximum Gasteiger partial charge on any atom is 0.337 e. The lowest BCUT2D eigenvalue weighted by molar-refractivity contribution is -0.140. The molecule has 2 unspecified atom stereocenters. The average Bonchev–Trinajstić information content (AvgIpc) is 3.34. The molecule has 1 saturated heterocycles. The number of hydrogen-bond donors (Lipinski definition) is 1. The topological polar surface area (TPSA) is 102 Å². The number of Topliss-reactive ketones (excluding diaryl/α,β-unsaturated/α-hetero) is 1. The minimum absolute atomic E-state index is 0.0140. The number of nitrogens with zero attached hydrogens (tertiary/aromatic N) is 1. The van der Waals surface area contributed by atoms with Gasteiger partial charge in [0.2, 0.25) is 0 Å². The molecule has 2 aromatic rings. The van der Waals surface area contributed by atoms with E-state index in [2.05, 4.69) is 0 Å². The zero-order valence-corrected chi connectivity index (χ0v) is 19.4. The smallest absolute Gasteiger partial charge is 0.337 e. The molecule has 0 radical (unpaired) electrons. The first-order valence-corrected chi connectivity index (χ1v) is 11.1. The molecule has 1 amide bonds. The summed E-state index contributed by atoms with van der Waals surface area (Å²) in [6, 6.07) is 10.9. The Morgan fingerprint density at radius 3 is 2.50 bits per heavy atom.